The van der Waals surface area contributed by atoms with Gasteiger partial charge in [0.2, 0.25) is 0 Å². The number of anilines is 1. The summed E-state index contributed by atoms with van der Waals surface area (Å²) in [5.41, 5.74) is 2.46. The van der Waals surface area contributed by atoms with E-state index in [9.17, 15) is 9.90 Å². The van der Waals surface area contributed by atoms with Crippen molar-refractivity contribution < 1.29 is 14.6 Å². The van der Waals surface area contributed by atoms with Gasteiger partial charge in [-0.05, 0) is 29.8 Å². The van der Waals surface area contributed by atoms with Gasteiger partial charge in [-0.25, -0.2) is 0 Å². The summed E-state index contributed by atoms with van der Waals surface area (Å²) in [6.45, 7) is 0. The standard InChI is InChI=1S/C17H18N2O3/c1-18-13-7-5-4-6-12(13)17(21)19(2)16(18)11-8-9-14(20)15(10-11)22-3/h4-10,16,20H,1-3H3/t16-/m0/s1. The van der Waals surface area contributed by atoms with Gasteiger partial charge in [-0.1, -0.05) is 18.2 Å². The molecule has 0 fully saturated rings. The second-order valence-electron chi connectivity index (χ2n) is 5.35. The molecule has 2 aromatic carbocycles. The van der Waals surface area contributed by atoms with Gasteiger partial charge in [-0.3, -0.25) is 4.79 Å². The summed E-state index contributed by atoms with van der Waals surface area (Å²) in [5.74, 6) is 0.454. The number of phenols is 1. The van der Waals surface area contributed by atoms with E-state index in [0.29, 0.717) is 11.3 Å². The zero-order chi connectivity index (χ0) is 15.9. The van der Waals surface area contributed by atoms with Crippen molar-refractivity contribution in [3.05, 3.63) is 53.6 Å². The largest absolute Gasteiger partial charge is 0.504 e. The molecule has 1 amide bonds. The number of benzene rings is 2. The number of carbonyl (C=O) groups excluding carboxylic acids is 1. The van der Waals surface area contributed by atoms with Crippen molar-refractivity contribution in [3.8, 4) is 11.5 Å². The first-order valence-corrected chi connectivity index (χ1v) is 7.00. The lowest BCUT2D eigenvalue weighted by molar-refractivity contribution is 0.0711. The Kier molecular flexibility index (Phi) is 3.41. The highest BCUT2D eigenvalue weighted by Gasteiger charge is 2.34. The molecular weight excluding hydrogens is 280 g/mol. The van der Waals surface area contributed by atoms with Crippen LogP contribution in [0.25, 0.3) is 0 Å². The maximum Gasteiger partial charge on any atom is 0.257 e. The minimum Gasteiger partial charge on any atom is -0.504 e. The van der Waals surface area contributed by atoms with Crippen molar-refractivity contribution in [2.45, 2.75) is 6.17 Å². The summed E-state index contributed by atoms with van der Waals surface area (Å²) >= 11 is 0. The van der Waals surface area contributed by atoms with Crippen LogP contribution in [0.3, 0.4) is 0 Å². The SMILES string of the molecule is COc1cc([C@@H]2N(C)C(=O)c3ccccc3N2C)ccc1O. The van der Waals surface area contributed by atoms with Crippen molar-refractivity contribution >= 4 is 11.6 Å². The van der Waals surface area contributed by atoms with Gasteiger partial charge in [0.1, 0.15) is 6.17 Å². The summed E-state index contributed by atoms with van der Waals surface area (Å²) in [5, 5.41) is 9.76. The zero-order valence-electron chi connectivity index (χ0n) is 12.8. The molecule has 0 aliphatic carbocycles. The third-order valence-corrected chi connectivity index (χ3v) is 4.07. The first-order valence-electron chi connectivity index (χ1n) is 7.00. The molecule has 0 bridgehead atoms. The van der Waals surface area contributed by atoms with E-state index in [0.717, 1.165) is 11.3 Å². The lowest BCUT2D eigenvalue weighted by Crippen LogP contribution is -2.45. The van der Waals surface area contributed by atoms with Crippen LogP contribution in [0.2, 0.25) is 0 Å². The van der Waals surface area contributed by atoms with Crippen LogP contribution in [0.5, 0.6) is 11.5 Å². The van der Waals surface area contributed by atoms with Gasteiger partial charge in [-0.2, -0.15) is 0 Å². The van der Waals surface area contributed by atoms with Crippen LogP contribution >= 0.6 is 0 Å². The molecule has 2 aromatic rings. The summed E-state index contributed by atoms with van der Waals surface area (Å²) < 4.78 is 5.17. The maximum absolute atomic E-state index is 12.6. The molecule has 1 heterocycles. The highest BCUT2D eigenvalue weighted by molar-refractivity contribution is 6.01. The van der Waals surface area contributed by atoms with Crippen LogP contribution in [-0.2, 0) is 0 Å². The van der Waals surface area contributed by atoms with Crippen molar-refractivity contribution in [1.82, 2.24) is 4.90 Å². The summed E-state index contributed by atoms with van der Waals surface area (Å²) in [4.78, 5) is 16.3. The zero-order valence-corrected chi connectivity index (χ0v) is 12.8. The number of nitrogens with zero attached hydrogens (tertiary/aromatic N) is 2. The summed E-state index contributed by atoms with van der Waals surface area (Å²) in [7, 11) is 5.23. The first-order chi connectivity index (χ1) is 10.5. The highest BCUT2D eigenvalue weighted by atomic mass is 16.5. The topological polar surface area (TPSA) is 53.0 Å². The average Bonchev–Trinajstić information content (AvgIpc) is 2.54. The van der Waals surface area contributed by atoms with E-state index >= 15 is 0 Å². The number of amides is 1. The quantitative estimate of drug-likeness (QED) is 0.926. The molecule has 1 aliphatic rings. The fourth-order valence-corrected chi connectivity index (χ4v) is 2.96. The smallest absolute Gasteiger partial charge is 0.257 e. The fourth-order valence-electron chi connectivity index (χ4n) is 2.96. The summed E-state index contributed by atoms with van der Waals surface area (Å²) in [6.07, 6.45) is -0.253. The van der Waals surface area contributed by atoms with E-state index in [4.69, 9.17) is 4.74 Å². The number of para-hydroxylation sites is 1. The number of fused-ring (bicyclic) bond motifs is 1. The predicted octanol–water partition coefficient (Wildman–Crippen LogP) is 2.62. The van der Waals surface area contributed by atoms with Crippen molar-refractivity contribution in [2.24, 2.45) is 0 Å². The molecule has 0 saturated carbocycles. The summed E-state index contributed by atoms with van der Waals surface area (Å²) in [6, 6.07) is 12.7. The van der Waals surface area contributed by atoms with Crippen LogP contribution < -0.4 is 9.64 Å². The number of carbonyl (C=O) groups is 1. The van der Waals surface area contributed by atoms with Crippen molar-refractivity contribution in [1.29, 1.82) is 0 Å². The molecule has 1 N–H and O–H groups in total. The van der Waals surface area contributed by atoms with E-state index in [1.807, 2.05) is 36.2 Å². The fraction of sp³-hybridized carbons (Fsp3) is 0.235. The molecule has 0 aromatic heterocycles. The lowest BCUT2D eigenvalue weighted by atomic mass is 10.0. The van der Waals surface area contributed by atoms with Gasteiger partial charge in [0.15, 0.2) is 11.5 Å². The Labute approximate surface area is 129 Å². The monoisotopic (exact) mass is 298 g/mol. The third kappa shape index (κ3) is 2.06. The van der Waals surface area contributed by atoms with Crippen LogP contribution in [-0.4, -0.2) is 37.1 Å². The number of rotatable bonds is 2. The Balaban J connectivity index is 2.10. The molecule has 5 heteroatoms. The molecular formula is C17H18N2O3. The average molecular weight is 298 g/mol. The van der Waals surface area contributed by atoms with Crippen LogP contribution in [0.4, 0.5) is 5.69 Å². The van der Waals surface area contributed by atoms with E-state index in [2.05, 4.69) is 0 Å². The minimum absolute atomic E-state index is 0.0225. The molecule has 1 aliphatic heterocycles. The molecule has 1 atom stereocenters. The van der Waals surface area contributed by atoms with E-state index in [-0.39, 0.29) is 17.8 Å². The van der Waals surface area contributed by atoms with Crippen LogP contribution in [0.1, 0.15) is 22.1 Å². The Morgan fingerprint density at radius 1 is 1.09 bits per heavy atom. The van der Waals surface area contributed by atoms with Gasteiger partial charge in [0.25, 0.3) is 5.91 Å². The third-order valence-electron chi connectivity index (χ3n) is 4.07. The van der Waals surface area contributed by atoms with Crippen LogP contribution in [0, 0.1) is 0 Å². The Morgan fingerprint density at radius 3 is 2.55 bits per heavy atom. The highest BCUT2D eigenvalue weighted by Crippen LogP contribution is 2.38. The molecule has 22 heavy (non-hydrogen) atoms. The number of aromatic hydroxyl groups is 1. The minimum atomic E-state index is -0.253. The molecule has 3 rings (SSSR count). The van der Waals surface area contributed by atoms with Gasteiger partial charge in [0.05, 0.1) is 18.4 Å². The molecule has 0 spiro atoms. The molecule has 5 nitrogen and oxygen atoms in total. The van der Waals surface area contributed by atoms with Gasteiger partial charge in [-0.15, -0.1) is 0 Å². The second kappa shape index (κ2) is 5.26. The molecule has 0 radical (unpaired) electrons. The molecule has 114 valence electrons. The van der Waals surface area contributed by atoms with Crippen molar-refractivity contribution in [3.63, 3.8) is 0 Å². The maximum atomic E-state index is 12.6. The van der Waals surface area contributed by atoms with Gasteiger partial charge in [0, 0.05) is 14.1 Å². The van der Waals surface area contributed by atoms with Crippen LogP contribution in [0.15, 0.2) is 42.5 Å². The van der Waals surface area contributed by atoms with Gasteiger partial charge < -0.3 is 19.6 Å². The number of hydrogen-bond acceptors (Lipinski definition) is 4. The van der Waals surface area contributed by atoms with Crippen molar-refractivity contribution in [2.75, 3.05) is 26.1 Å². The number of hydrogen-bond donors (Lipinski definition) is 1. The number of ether oxygens (including phenoxy) is 1. The van der Waals surface area contributed by atoms with E-state index < -0.39 is 0 Å². The Hall–Kier alpha value is -2.69. The normalized spacial score (nSPS) is 17.4. The second-order valence-corrected chi connectivity index (χ2v) is 5.35. The van der Waals surface area contributed by atoms with E-state index in [1.54, 1.807) is 30.1 Å². The van der Waals surface area contributed by atoms with E-state index in [1.165, 1.54) is 7.11 Å². The molecule has 0 unspecified atom stereocenters. The number of methoxy groups -OCH3 is 1. The number of phenolic OH excluding ortho intramolecular Hbond substituents is 1. The molecule has 0 saturated heterocycles. The predicted molar refractivity (Wildman–Crippen MR) is 84.3 cm³/mol. The first kappa shape index (κ1) is 14.3. The van der Waals surface area contributed by atoms with Gasteiger partial charge >= 0.3 is 0 Å². The Morgan fingerprint density at radius 2 is 1.82 bits per heavy atom. The Bertz CT molecular complexity index is 730. The lowest BCUT2D eigenvalue weighted by Gasteiger charge is -2.42.